The van der Waals surface area contributed by atoms with Crippen molar-refractivity contribution in [3.05, 3.63) is 70.7 Å². The molecular weight excluding hydrogens is 485 g/mol. The number of carbonyl (C=O) groups is 1. The fourth-order valence-corrected chi connectivity index (χ4v) is 3.64. The Morgan fingerprint density at radius 1 is 1.15 bits per heavy atom. The van der Waals surface area contributed by atoms with Crippen LogP contribution in [0.5, 0.6) is 11.5 Å². The van der Waals surface area contributed by atoms with Gasteiger partial charge in [0.1, 0.15) is 17.0 Å². The van der Waals surface area contributed by atoms with Crippen LogP contribution in [0.2, 0.25) is 10.0 Å². The summed E-state index contributed by atoms with van der Waals surface area (Å²) in [6, 6.07) is 16.8. The Hall–Kier alpha value is -3.33. The molecule has 0 saturated carbocycles. The molecule has 3 N–H and O–H groups in total. The number of anilines is 1. The molecule has 7 nitrogen and oxygen atoms in total. The molecule has 0 fully saturated rings. The highest BCUT2D eigenvalue weighted by molar-refractivity contribution is 7.80. The summed E-state index contributed by atoms with van der Waals surface area (Å²) in [5.74, 6) is 0.0749. The average molecular weight is 502 g/mol. The number of ether oxygens (including phenoxy) is 1. The lowest BCUT2D eigenvalue weighted by molar-refractivity contribution is -0.125. The number of para-hydroxylation sites is 2. The monoisotopic (exact) mass is 501 g/mol. The first-order chi connectivity index (χ1) is 15.8. The van der Waals surface area contributed by atoms with Crippen LogP contribution in [0.25, 0.3) is 22.6 Å². The second kappa shape index (κ2) is 9.66. The van der Waals surface area contributed by atoms with Gasteiger partial charge in [-0.1, -0.05) is 35.3 Å². The van der Waals surface area contributed by atoms with Gasteiger partial charge in [0.05, 0.1) is 10.6 Å². The van der Waals surface area contributed by atoms with Crippen molar-refractivity contribution in [2.75, 3.05) is 5.32 Å². The minimum Gasteiger partial charge on any atom is -0.507 e. The maximum absolute atomic E-state index is 12.4. The predicted octanol–water partition coefficient (Wildman–Crippen LogP) is 5.79. The van der Waals surface area contributed by atoms with Crippen LogP contribution < -0.4 is 15.4 Å². The summed E-state index contributed by atoms with van der Waals surface area (Å²) in [4.78, 5) is 16.8. The minimum absolute atomic E-state index is 0.0339. The summed E-state index contributed by atoms with van der Waals surface area (Å²) >= 11 is 17.1. The van der Waals surface area contributed by atoms with Gasteiger partial charge in [-0.3, -0.25) is 10.1 Å². The molecule has 0 aliphatic heterocycles. The third-order valence-electron chi connectivity index (χ3n) is 4.58. The Morgan fingerprint density at radius 3 is 2.67 bits per heavy atom. The van der Waals surface area contributed by atoms with E-state index < -0.39 is 12.0 Å². The van der Waals surface area contributed by atoms with Crippen LogP contribution in [-0.4, -0.2) is 27.2 Å². The maximum Gasteiger partial charge on any atom is 0.266 e. The smallest absolute Gasteiger partial charge is 0.266 e. The number of benzene rings is 3. The molecule has 0 bridgehead atoms. The normalized spacial score (nSPS) is 11.7. The standard InChI is InChI=1S/C23H17Cl2N3O4S/c1-12(31-19-9-6-13(24)10-16(19)25)21(30)28-23(33)26-14-7-8-15(18(29)11-14)22-27-17-4-2-3-5-20(17)32-22/h2-12,29H,1H3,(H2,26,28,30,33). The van der Waals surface area contributed by atoms with Gasteiger partial charge in [-0.25, -0.2) is 4.98 Å². The van der Waals surface area contributed by atoms with Gasteiger partial charge in [0.25, 0.3) is 5.91 Å². The highest BCUT2D eigenvalue weighted by Crippen LogP contribution is 2.33. The van der Waals surface area contributed by atoms with Crippen LogP contribution in [-0.2, 0) is 4.79 Å². The molecule has 1 heterocycles. The summed E-state index contributed by atoms with van der Waals surface area (Å²) in [5, 5.41) is 16.6. The van der Waals surface area contributed by atoms with E-state index in [0.29, 0.717) is 39.0 Å². The van der Waals surface area contributed by atoms with Crippen molar-refractivity contribution >= 4 is 63.2 Å². The number of hydrogen-bond acceptors (Lipinski definition) is 6. The van der Waals surface area contributed by atoms with Gasteiger partial charge in [-0.15, -0.1) is 0 Å². The number of nitrogens with one attached hydrogen (secondary N) is 2. The lowest BCUT2D eigenvalue weighted by atomic mass is 10.2. The van der Waals surface area contributed by atoms with Crippen molar-refractivity contribution < 1.29 is 19.1 Å². The predicted molar refractivity (Wildman–Crippen MR) is 132 cm³/mol. The molecule has 10 heteroatoms. The van der Waals surface area contributed by atoms with Gasteiger partial charge in [-0.2, -0.15) is 0 Å². The van der Waals surface area contributed by atoms with Crippen LogP contribution in [0.4, 0.5) is 5.69 Å². The van der Waals surface area contributed by atoms with Gasteiger partial charge in [-0.05, 0) is 61.6 Å². The lowest BCUT2D eigenvalue weighted by Crippen LogP contribution is -2.42. The molecule has 33 heavy (non-hydrogen) atoms. The zero-order chi connectivity index (χ0) is 23.5. The van der Waals surface area contributed by atoms with E-state index in [1.54, 1.807) is 37.3 Å². The van der Waals surface area contributed by atoms with E-state index in [2.05, 4.69) is 15.6 Å². The Kier molecular flexibility index (Phi) is 6.69. The molecule has 3 aromatic carbocycles. The fourth-order valence-electron chi connectivity index (χ4n) is 2.97. The number of hydrogen-bond donors (Lipinski definition) is 3. The molecule has 4 rings (SSSR count). The molecule has 4 aromatic rings. The average Bonchev–Trinajstić information content (AvgIpc) is 3.19. The third-order valence-corrected chi connectivity index (χ3v) is 5.32. The molecule has 1 amide bonds. The van der Waals surface area contributed by atoms with E-state index in [1.807, 2.05) is 18.2 Å². The molecule has 1 aromatic heterocycles. The van der Waals surface area contributed by atoms with Gasteiger partial charge < -0.3 is 19.6 Å². The number of rotatable bonds is 5. The maximum atomic E-state index is 12.4. The van der Waals surface area contributed by atoms with Gasteiger partial charge in [0.2, 0.25) is 5.89 Å². The summed E-state index contributed by atoms with van der Waals surface area (Å²) in [6.45, 7) is 1.56. The topological polar surface area (TPSA) is 96.6 Å². The lowest BCUT2D eigenvalue weighted by Gasteiger charge is -2.17. The van der Waals surface area contributed by atoms with E-state index >= 15 is 0 Å². The van der Waals surface area contributed by atoms with E-state index in [-0.39, 0.29) is 15.9 Å². The molecule has 0 spiro atoms. The molecule has 1 unspecified atom stereocenters. The Labute approximate surface area is 204 Å². The number of oxazole rings is 1. The first kappa shape index (κ1) is 22.8. The Balaban J connectivity index is 1.38. The van der Waals surface area contributed by atoms with Crippen molar-refractivity contribution in [2.24, 2.45) is 0 Å². The van der Waals surface area contributed by atoms with Gasteiger partial charge in [0.15, 0.2) is 16.8 Å². The largest absolute Gasteiger partial charge is 0.507 e. The summed E-state index contributed by atoms with van der Waals surface area (Å²) in [5.41, 5.74) is 2.20. The summed E-state index contributed by atoms with van der Waals surface area (Å²) in [7, 11) is 0. The van der Waals surface area contributed by atoms with Crippen LogP contribution in [0.15, 0.2) is 65.1 Å². The zero-order valence-corrected chi connectivity index (χ0v) is 19.5. The molecule has 0 saturated heterocycles. The fraction of sp³-hybridized carbons (Fsp3) is 0.0870. The Morgan fingerprint density at radius 2 is 1.94 bits per heavy atom. The molecule has 1 atom stereocenters. The Bertz CT molecular complexity index is 1330. The number of aromatic nitrogens is 1. The van der Waals surface area contributed by atoms with Crippen molar-refractivity contribution in [3.8, 4) is 23.0 Å². The van der Waals surface area contributed by atoms with Crippen molar-refractivity contribution in [1.82, 2.24) is 10.3 Å². The van der Waals surface area contributed by atoms with Crippen molar-refractivity contribution in [3.63, 3.8) is 0 Å². The number of nitrogens with zero attached hydrogens (tertiary/aromatic N) is 1. The molecule has 0 aliphatic carbocycles. The summed E-state index contributed by atoms with van der Waals surface area (Å²) < 4.78 is 11.3. The van der Waals surface area contributed by atoms with E-state index in [1.165, 1.54) is 12.1 Å². The molecule has 0 aliphatic rings. The van der Waals surface area contributed by atoms with Crippen LogP contribution >= 0.6 is 35.4 Å². The number of halogens is 2. The van der Waals surface area contributed by atoms with Crippen LogP contribution in [0.1, 0.15) is 6.92 Å². The number of aromatic hydroxyl groups is 1. The number of carbonyl (C=O) groups excluding carboxylic acids is 1. The number of thiocarbonyl (C=S) groups is 1. The second-order valence-electron chi connectivity index (χ2n) is 7.00. The van der Waals surface area contributed by atoms with Gasteiger partial charge >= 0.3 is 0 Å². The number of phenolic OH excluding ortho intramolecular Hbond substituents is 1. The molecule has 0 radical (unpaired) electrons. The van der Waals surface area contributed by atoms with Crippen molar-refractivity contribution in [1.29, 1.82) is 0 Å². The first-order valence-electron chi connectivity index (χ1n) is 9.72. The highest BCUT2D eigenvalue weighted by atomic mass is 35.5. The van der Waals surface area contributed by atoms with Crippen LogP contribution in [0, 0.1) is 0 Å². The second-order valence-corrected chi connectivity index (χ2v) is 8.25. The van der Waals surface area contributed by atoms with Gasteiger partial charge in [0, 0.05) is 16.8 Å². The number of fused-ring (bicyclic) bond motifs is 1. The van der Waals surface area contributed by atoms with E-state index in [4.69, 9.17) is 44.6 Å². The third kappa shape index (κ3) is 5.36. The summed E-state index contributed by atoms with van der Waals surface area (Å²) in [6.07, 6.45) is -0.877. The zero-order valence-electron chi connectivity index (χ0n) is 17.1. The molecular formula is C23H17Cl2N3O4S. The van der Waals surface area contributed by atoms with E-state index in [0.717, 1.165) is 0 Å². The minimum atomic E-state index is -0.877. The van der Waals surface area contributed by atoms with E-state index in [9.17, 15) is 9.90 Å². The van der Waals surface area contributed by atoms with Crippen LogP contribution in [0.3, 0.4) is 0 Å². The first-order valence-corrected chi connectivity index (χ1v) is 10.9. The number of phenols is 1. The van der Waals surface area contributed by atoms with Crippen molar-refractivity contribution in [2.45, 2.75) is 13.0 Å². The highest BCUT2D eigenvalue weighted by Gasteiger charge is 2.18. The molecule has 168 valence electrons. The quantitative estimate of drug-likeness (QED) is 0.298. The SMILES string of the molecule is CC(Oc1ccc(Cl)cc1Cl)C(=O)NC(=S)Nc1ccc(-c2nc3ccccc3o2)c(O)c1. The number of amides is 1.